The van der Waals surface area contributed by atoms with E-state index in [-0.39, 0.29) is 11.8 Å². The molecule has 0 aliphatic carbocycles. The van der Waals surface area contributed by atoms with E-state index in [2.05, 4.69) is 13.8 Å². The number of likely N-dealkylation sites (N-methyl/N-ethyl adjacent to an activating group) is 2. The van der Waals surface area contributed by atoms with Crippen LogP contribution in [-0.2, 0) is 19.1 Å². The number of carbonyl (C=O) groups excluding carboxylic acids is 2. The molecule has 0 N–H and O–H groups in total. The molecular weight excluding hydrogens is 380 g/mol. The zero-order valence-corrected chi connectivity index (χ0v) is 20.6. The lowest BCUT2D eigenvalue weighted by atomic mass is 10.1. The Morgan fingerprint density at radius 3 is 1.17 bits per heavy atom. The van der Waals surface area contributed by atoms with Crippen molar-refractivity contribution in [1.29, 1.82) is 0 Å². The van der Waals surface area contributed by atoms with E-state index in [1.165, 1.54) is 61.2 Å². The van der Waals surface area contributed by atoms with Crippen molar-refractivity contribution in [2.45, 2.75) is 103 Å². The Labute approximate surface area is 185 Å². The molecule has 0 saturated carbocycles. The fourth-order valence-electron chi connectivity index (χ4n) is 3.27. The summed E-state index contributed by atoms with van der Waals surface area (Å²) in [6.07, 6.45) is 11.9. The van der Waals surface area contributed by atoms with Gasteiger partial charge >= 0.3 is 0 Å². The van der Waals surface area contributed by atoms with Crippen LogP contribution >= 0.6 is 0 Å². The maximum atomic E-state index is 12.8. The zero-order valence-electron chi connectivity index (χ0n) is 20.6. The van der Waals surface area contributed by atoms with Gasteiger partial charge in [0.2, 0.25) is 0 Å². The average Bonchev–Trinajstić information content (AvgIpc) is 2.72. The van der Waals surface area contributed by atoms with Crippen molar-refractivity contribution in [3.63, 3.8) is 0 Å². The minimum Gasteiger partial charge on any atom is -0.365 e. The van der Waals surface area contributed by atoms with Crippen molar-refractivity contribution in [2.75, 3.05) is 41.4 Å². The molecule has 30 heavy (non-hydrogen) atoms. The highest BCUT2D eigenvalue weighted by Crippen LogP contribution is 2.14. The Hall–Kier alpha value is -1.14. The van der Waals surface area contributed by atoms with Crippen LogP contribution in [0.5, 0.6) is 0 Å². The first-order chi connectivity index (χ1) is 14.4. The van der Waals surface area contributed by atoms with E-state index < -0.39 is 12.2 Å². The van der Waals surface area contributed by atoms with Crippen LogP contribution in [0.4, 0.5) is 0 Å². The van der Waals surface area contributed by atoms with E-state index in [4.69, 9.17) is 9.47 Å². The normalized spacial score (nSPS) is 13.1. The summed E-state index contributed by atoms with van der Waals surface area (Å²) in [6, 6.07) is 0. The highest BCUT2D eigenvalue weighted by atomic mass is 16.5. The van der Waals surface area contributed by atoms with Crippen LogP contribution in [0, 0.1) is 0 Å². The minimum atomic E-state index is -0.898. The van der Waals surface area contributed by atoms with Gasteiger partial charge in [-0.2, -0.15) is 0 Å². The topological polar surface area (TPSA) is 59.1 Å². The summed E-state index contributed by atoms with van der Waals surface area (Å²) in [7, 11) is 6.76. The fraction of sp³-hybridized carbons (Fsp3) is 0.917. The van der Waals surface area contributed by atoms with Gasteiger partial charge in [-0.05, 0) is 12.8 Å². The molecular formula is C24H48N2O4. The molecule has 6 heteroatoms. The second-order valence-electron chi connectivity index (χ2n) is 8.58. The highest BCUT2D eigenvalue weighted by molar-refractivity contribution is 5.90. The highest BCUT2D eigenvalue weighted by Gasteiger charge is 2.37. The van der Waals surface area contributed by atoms with E-state index in [1.807, 2.05) is 0 Å². The zero-order chi connectivity index (χ0) is 22.8. The Morgan fingerprint density at radius 1 is 0.567 bits per heavy atom. The van der Waals surface area contributed by atoms with Gasteiger partial charge in [-0.15, -0.1) is 0 Å². The maximum Gasteiger partial charge on any atom is 0.254 e. The Morgan fingerprint density at radius 2 is 0.867 bits per heavy atom. The molecule has 0 heterocycles. The van der Waals surface area contributed by atoms with Gasteiger partial charge < -0.3 is 19.3 Å². The third-order valence-corrected chi connectivity index (χ3v) is 5.23. The molecule has 0 aliphatic heterocycles. The molecule has 0 unspecified atom stereocenters. The van der Waals surface area contributed by atoms with Gasteiger partial charge in [-0.1, -0.05) is 78.1 Å². The smallest absolute Gasteiger partial charge is 0.254 e. The van der Waals surface area contributed by atoms with Crippen molar-refractivity contribution < 1.29 is 19.1 Å². The third-order valence-electron chi connectivity index (χ3n) is 5.23. The lowest BCUT2D eigenvalue weighted by Gasteiger charge is -2.29. The van der Waals surface area contributed by atoms with Gasteiger partial charge in [0.25, 0.3) is 11.8 Å². The van der Waals surface area contributed by atoms with Gasteiger partial charge in [0.1, 0.15) is 0 Å². The molecule has 0 aromatic heterocycles. The predicted octanol–water partition coefficient (Wildman–Crippen LogP) is 4.65. The standard InChI is InChI=1S/C24H48N2O4/c1-7-9-11-13-15-17-19-29-21(23(27)25(3)4)22(24(28)26(5)6)30-20-18-16-14-12-10-8-2/h21-22H,7-20H2,1-6H3/t21-,22-/m1/s1. The van der Waals surface area contributed by atoms with E-state index in [9.17, 15) is 9.59 Å². The number of amides is 2. The number of unbranched alkanes of at least 4 members (excludes halogenated alkanes) is 10. The van der Waals surface area contributed by atoms with Gasteiger partial charge in [0, 0.05) is 41.4 Å². The number of hydrogen-bond acceptors (Lipinski definition) is 4. The van der Waals surface area contributed by atoms with E-state index in [0.717, 1.165) is 25.7 Å². The van der Waals surface area contributed by atoms with Crippen molar-refractivity contribution in [1.82, 2.24) is 9.80 Å². The van der Waals surface area contributed by atoms with Crippen molar-refractivity contribution >= 4 is 11.8 Å². The van der Waals surface area contributed by atoms with E-state index >= 15 is 0 Å². The first-order valence-corrected chi connectivity index (χ1v) is 12.0. The molecule has 2 amide bonds. The maximum absolute atomic E-state index is 12.8. The van der Waals surface area contributed by atoms with Crippen molar-refractivity contribution in [3.05, 3.63) is 0 Å². The average molecular weight is 429 g/mol. The number of nitrogens with zero attached hydrogens (tertiary/aromatic N) is 2. The van der Waals surface area contributed by atoms with Crippen LogP contribution in [0.15, 0.2) is 0 Å². The van der Waals surface area contributed by atoms with Crippen LogP contribution in [0.3, 0.4) is 0 Å². The summed E-state index contributed by atoms with van der Waals surface area (Å²) >= 11 is 0. The molecule has 2 atom stereocenters. The molecule has 0 bridgehead atoms. The molecule has 6 nitrogen and oxygen atoms in total. The Balaban J connectivity index is 4.79. The van der Waals surface area contributed by atoms with Crippen LogP contribution in [-0.4, -0.2) is 75.2 Å². The lowest BCUT2D eigenvalue weighted by Crippen LogP contribution is -2.51. The van der Waals surface area contributed by atoms with Crippen molar-refractivity contribution in [3.8, 4) is 0 Å². The summed E-state index contributed by atoms with van der Waals surface area (Å²) < 4.78 is 11.9. The Kier molecular flexibility index (Phi) is 17.9. The monoisotopic (exact) mass is 428 g/mol. The number of hydrogen-bond donors (Lipinski definition) is 0. The van der Waals surface area contributed by atoms with Crippen LogP contribution < -0.4 is 0 Å². The minimum absolute atomic E-state index is 0.218. The summed E-state index contributed by atoms with van der Waals surface area (Å²) in [5, 5.41) is 0. The molecule has 0 saturated heterocycles. The molecule has 178 valence electrons. The SMILES string of the molecule is CCCCCCCCO[C@@H](C(=O)N(C)C)[C@@H](OCCCCCCCC)C(=O)N(C)C. The van der Waals surface area contributed by atoms with Gasteiger partial charge in [-0.25, -0.2) is 0 Å². The van der Waals surface area contributed by atoms with Gasteiger partial charge in [-0.3, -0.25) is 9.59 Å². The predicted molar refractivity (Wildman–Crippen MR) is 124 cm³/mol. The molecule has 0 radical (unpaired) electrons. The second-order valence-corrected chi connectivity index (χ2v) is 8.58. The number of carbonyl (C=O) groups is 2. The molecule has 0 fully saturated rings. The third kappa shape index (κ3) is 13.2. The van der Waals surface area contributed by atoms with Gasteiger partial charge in [0.05, 0.1) is 0 Å². The lowest BCUT2D eigenvalue weighted by molar-refractivity contribution is -0.166. The summed E-state index contributed by atoms with van der Waals surface area (Å²) in [5.41, 5.74) is 0. The molecule has 0 aromatic rings. The van der Waals surface area contributed by atoms with Crippen LogP contribution in [0.1, 0.15) is 90.9 Å². The summed E-state index contributed by atoms with van der Waals surface area (Å²) in [5.74, 6) is -0.437. The van der Waals surface area contributed by atoms with E-state index in [1.54, 1.807) is 28.2 Å². The fourth-order valence-corrected chi connectivity index (χ4v) is 3.27. The largest absolute Gasteiger partial charge is 0.365 e. The molecule has 0 aliphatic rings. The van der Waals surface area contributed by atoms with Crippen LogP contribution in [0.2, 0.25) is 0 Å². The first kappa shape index (κ1) is 28.9. The number of rotatable bonds is 19. The molecule has 0 aromatic carbocycles. The van der Waals surface area contributed by atoms with E-state index in [0.29, 0.717) is 13.2 Å². The van der Waals surface area contributed by atoms with Crippen molar-refractivity contribution in [2.24, 2.45) is 0 Å². The Bertz CT molecular complexity index is 401. The second kappa shape index (κ2) is 18.6. The summed E-state index contributed by atoms with van der Waals surface area (Å²) in [6.45, 7) is 5.34. The summed E-state index contributed by atoms with van der Waals surface area (Å²) in [4.78, 5) is 28.5. The molecule has 0 rings (SSSR count). The number of ether oxygens (including phenoxy) is 2. The quantitative estimate of drug-likeness (QED) is 0.281. The first-order valence-electron chi connectivity index (χ1n) is 12.0. The van der Waals surface area contributed by atoms with Crippen LogP contribution in [0.25, 0.3) is 0 Å². The molecule has 0 spiro atoms. The van der Waals surface area contributed by atoms with Gasteiger partial charge in [0.15, 0.2) is 12.2 Å².